The van der Waals surface area contributed by atoms with Crippen LogP contribution in [-0.4, -0.2) is 29.0 Å². The Morgan fingerprint density at radius 3 is 2.56 bits per heavy atom. The van der Waals surface area contributed by atoms with Crippen molar-refractivity contribution < 1.29 is 4.39 Å². The fourth-order valence-corrected chi connectivity index (χ4v) is 2.17. The van der Waals surface area contributed by atoms with Crippen LogP contribution in [0.5, 0.6) is 0 Å². The van der Waals surface area contributed by atoms with E-state index in [2.05, 4.69) is 15.0 Å². The molecule has 0 aliphatic heterocycles. The van der Waals surface area contributed by atoms with E-state index in [1.807, 2.05) is 0 Å². The molecule has 18 heavy (non-hydrogen) atoms. The molecule has 0 aliphatic rings. The molecule has 1 aromatic heterocycles. The summed E-state index contributed by atoms with van der Waals surface area (Å²) < 4.78 is 13.5. The molecule has 0 amide bonds. The second-order valence-electron chi connectivity index (χ2n) is 3.61. The Bertz CT molecular complexity index is 564. The molecule has 1 aromatic carbocycles. The summed E-state index contributed by atoms with van der Waals surface area (Å²) in [6, 6.07) is 6.43. The molecule has 0 radical (unpaired) electrons. The number of benzene rings is 1. The number of aromatic nitrogens is 3. The normalized spacial score (nSPS) is 10.4. The van der Waals surface area contributed by atoms with Gasteiger partial charge in [0.05, 0.1) is 4.90 Å². The van der Waals surface area contributed by atoms with Gasteiger partial charge in [0.2, 0.25) is 11.2 Å². The fourth-order valence-electron chi connectivity index (χ4n) is 1.19. The van der Waals surface area contributed by atoms with Crippen molar-refractivity contribution in [2.75, 3.05) is 19.0 Å². The SMILES string of the molecule is CN(C)c1nc(Cl)nc(Sc2ccccc2F)n1. The molecule has 0 atom stereocenters. The van der Waals surface area contributed by atoms with Crippen molar-refractivity contribution in [3.8, 4) is 0 Å². The van der Waals surface area contributed by atoms with E-state index in [9.17, 15) is 4.39 Å². The topological polar surface area (TPSA) is 41.9 Å². The van der Waals surface area contributed by atoms with Gasteiger partial charge in [-0.3, -0.25) is 0 Å². The second-order valence-corrected chi connectivity index (χ2v) is 4.96. The van der Waals surface area contributed by atoms with Crippen molar-refractivity contribution >= 4 is 29.3 Å². The molecule has 1 heterocycles. The minimum atomic E-state index is -0.314. The van der Waals surface area contributed by atoms with Crippen LogP contribution in [0.2, 0.25) is 5.28 Å². The summed E-state index contributed by atoms with van der Waals surface area (Å²) in [6.45, 7) is 0. The molecule has 0 saturated heterocycles. The summed E-state index contributed by atoms with van der Waals surface area (Å²) in [5, 5.41) is 0.455. The number of hydrogen-bond acceptors (Lipinski definition) is 5. The average Bonchev–Trinajstić information content (AvgIpc) is 2.31. The molecule has 0 spiro atoms. The third-order valence-corrected chi connectivity index (χ3v) is 3.10. The molecule has 0 fully saturated rings. The van der Waals surface area contributed by atoms with Crippen molar-refractivity contribution in [1.82, 2.24) is 15.0 Å². The first-order chi connectivity index (χ1) is 8.56. The van der Waals surface area contributed by atoms with Crippen LogP contribution in [0.25, 0.3) is 0 Å². The summed E-state index contributed by atoms with van der Waals surface area (Å²) in [7, 11) is 3.59. The Labute approximate surface area is 113 Å². The lowest BCUT2D eigenvalue weighted by Crippen LogP contribution is -2.13. The maximum absolute atomic E-state index is 13.5. The van der Waals surface area contributed by atoms with Gasteiger partial charge in [0.25, 0.3) is 0 Å². The first kappa shape index (κ1) is 13.0. The molecular weight excluding hydrogens is 275 g/mol. The highest BCUT2D eigenvalue weighted by molar-refractivity contribution is 7.99. The van der Waals surface area contributed by atoms with Gasteiger partial charge in [0.1, 0.15) is 5.82 Å². The van der Waals surface area contributed by atoms with Gasteiger partial charge in [-0.05, 0) is 35.5 Å². The monoisotopic (exact) mass is 284 g/mol. The maximum Gasteiger partial charge on any atom is 0.230 e. The van der Waals surface area contributed by atoms with Crippen molar-refractivity contribution in [2.24, 2.45) is 0 Å². The van der Waals surface area contributed by atoms with Crippen LogP contribution in [0.1, 0.15) is 0 Å². The molecule has 2 aromatic rings. The highest BCUT2D eigenvalue weighted by Gasteiger charge is 2.10. The lowest BCUT2D eigenvalue weighted by Gasteiger charge is -2.10. The lowest BCUT2D eigenvalue weighted by atomic mass is 10.4. The van der Waals surface area contributed by atoms with Crippen LogP contribution in [0.3, 0.4) is 0 Å². The average molecular weight is 285 g/mol. The van der Waals surface area contributed by atoms with Gasteiger partial charge in [-0.2, -0.15) is 15.0 Å². The zero-order valence-corrected chi connectivity index (χ0v) is 11.3. The smallest absolute Gasteiger partial charge is 0.230 e. The molecule has 0 bridgehead atoms. The highest BCUT2D eigenvalue weighted by atomic mass is 35.5. The summed E-state index contributed by atoms with van der Waals surface area (Å²) in [5.41, 5.74) is 0. The minimum absolute atomic E-state index is 0.0903. The Kier molecular flexibility index (Phi) is 3.98. The van der Waals surface area contributed by atoms with Gasteiger partial charge in [0.15, 0.2) is 5.16 Å². The van der Waals surface area contributed by atoms with Crippen molar-refractivity contribution in [3.63, 3.8) is 0 Å². The van der Waals surface area contributed by atoms with Crippen LogP contribution in [-0.2, 0) is 0 Å². The molecule has 0 unspecified atom stereocenters. The summed E-state index contributed by atoms with van der Waals surface area (Å²) in [6.07, 6.45) is 0. The third kappa shape index (κ3) is 3.08. The number of nitrogens with zero attached hydrogens (tertiary/aromatic N) is 4. The molecule has 7 heteroatoms. The number of rotatable bonds is 3. The van der Waals surface area contributed by atoms with E-state index in [1.54, 1.807) is 37.2 Å². The predicted octanol–water partition coefficient (Wildman–Crippen LogP) is 2.88. The molecule has 0 aliphatic carbocycles. The quantitative estimate of drug-likeness (QED) is 0.867. The van der Waals surface area contributed by atoms with Gasteiger partial charge < -0.3 is 4.90 Å². The number of anilines is 1. The Morgan fingerprint density at radius 2 is 1.89 bits per heavy atom. The van der Waals surface area contributed by atoms with E-state index < -0.39 is 0 Å². The van der Waals surface area contributed by atoms with Crippen LogP contribution in [0.4, 0.5) is 10.3 Å². The second kappa shape index (κ2) is 5.49. The largest absolute Gasteiger partial charge is 0.347 e. The van der Waals surface area contributed by atoms with Gasteiger partial charge in [0, 0.05) is 14.1 Å². The van der Waals surface area contributed by atoms with Gasteiger partial charge in [-0.25, -0.2) is 4.39 Å². The standard InChI is InChI=1S/C11H10ClFN4S/c1-17(2)10-14-9(12)15-11(16-10)18-8-6-4-3-5-7(8)13/h3-6H,1-2H3. The van der Waals surface area contributed by atoms with Crippen molar-refractivity contribution in [1.29, 1.82) is 0 Å². The zero-order chi connectivity index (χ0) is 13.1. The lowest BCUT2D eigenvalue weighted by molar-refractivity contribution is 0.601. The van der Waals surface area contributed by atoms with E-state index in [4.69, 9.17) is 11.6 Å². The number of hydrogen-bond donors (Lipinski definition) is 0. The first-order valence-electron chi connectivity index (χ1n) is 5.07. The molecule has 2 rings (SSSR count). The van der Waals surface area contributed by atoms with E-state index in [-0.39, 0.29) is 11.1 Å². The van der Waals surface area contributed by atoms with E-state index in [0.29, 0.717) is 16.0 Å². The van der Waals surface area contributed by atoms with E-state index in [1.165, 1.54) is 6.07 Å². The van der Waals surface area contributed by atoms with Crippen LogP contribution >= 0.6 is 23.4 Å². The third-order valence-electron chi connectivity index (χ3n) is 2.01. The first-order valence-corrected chi connectivity index (χ1v) is 6.27. The van der Waals surface area contributed by atoms with Gasteiger partial charge in [-0.1, -0.05) is 12.1 Å². The number of halogens is 2. The minimum Gasteiger partial charge on any atom is -0.347 e. The van der Waals surface area contributed by atoms with Gasteiger partial charge in [-0.15, -0.1) is 0 Å². The van der Waals surface area contributed by atoms with E-state index in [0.717, 1.165) is 11.8 Å². The zero-order valence-electron chi connectivity index (χ0n) is 9.76. The van der Waals surface area contributed by atoms with E-state index >= 15 is 0 Å². The van der Waals surface area contributed by atoms with Crippen LogP contribution < -0.4 is 4.90 Å². The maximum atomic E-state index is 13.5. The summed E-state index contributed by atoms with van der Waals surface area (Å²) in [5.74, 6) is 0.124. The Hall–Kier alpha value is -1.40. The molecular formula is C11H10ClFN4S. The molecule has 0 N–H and O–H groups in total. The molecule has 94 valence electrons. The Morgan fingerprint density at radius 1 is 1.17 bits per heavy atom. The summed E-state index contributed by atoms with van der Waals surface area (Å²) >= 11 is 6.92. The van der Waals surface area contributed by atoms with Gasteiger partial charge >= 0.3 is 0 Å². The molecule has 4 nitrogen and oxygen atoms in total. The predicted molar refractivity (Wildman–Crippen MR) is 69.7 cm³/mol. The van der Waals surface area contributed by atoms with Crippen LogP contribution in [0.15, 0.2) is 34.3 Å². The van der Waals surface area contributed by atoms with Crippen molar-refractivity contribution in [3.05, 3.63) is 35.4 Å². The highest BCUT2D eigenvalue weighted by Crippen LogP contribution is 2.28. The fraction of sp³-hybridized carbons (Fsp3) is 0.182. The molecule has 0 saturated carbocycles. The van der Waals surface area contributed by atoms with Crippen LogP contribution in [0, 0.1) is 5.82 Å². The van der Waals surface area contributed by atoms with Crippen molar-refractivity contribution in [2.45, 2.75) is 10.1 Å². The summed E-state index contributed by atoms with van der Waals surface area (Å²) in [4.78, 5) is 14.3. The Balaban J connectivity index is 2.32.